The number of esters is 1. The van der Waals surface area contributed by atoms with E-state index >= 15 is 0 Å². The fourth-order valence-electron chi connectivity index (χ4n) is 2.41. The number of carbonyl (C=O) groups excluding carboxylic acids is 2. The largest absolute Gasteiger partial charge is 0.455 e. The summed E-state index contributed by atoms with van der Waals surface area (Å²) in [5, 5.41) is 3.02. The molecule has 30 heavy (non-hydrogen) atoms. The summed E-state index contributed by atoms with van der Waals surface area (Å²) in [6.07, 6.45) is 2.62. The van der Waals surface area contributed by atoms with Crippen molar-refractivity contribution in [2.75, 3.05) is 11.9 Å². The Morgan fingerprint density at radius 1 is 1.00 bits per heavy atom. The van der Waals surface area contributed by atoms with Crippen molar-refractivity contribution in [3.8, 4) is 11.5 Å². The molecule has 0 aliphatic rings. The molecule has 0 unspecified atom stereocenters. The summed E-state index contributed by atoms with van der Waals surface area (Å²) in [5.74, 6) is -0.655. The van der Waals surface area contributed by atoms with Crippen molar-refractivity contribution in [3.63, 3.8) is 0 Å². The Labute approximate surface area is 177 Å². The van der Waals surface area contributed by atoms with Gasteiger partial charge in [0, 0.05) is 11.1 Å². The summed E-state index contributed by atoms with van der Waals surface area (Å²) in [7, 11) is 0. The highest BCUT2D eigenvalue weighted by molar-refractivity contribution is 6.31. The molecule has 0 saturated heterocycles. The van der Waals surface area contributed by atoms with Gasteiger partial charge >= 0.3 is 5.97 Å². The lowest BCUT2D eigenvalue weighted by Crippen LogP contribution is -2.20. The molecule has 0 aliphatic heterocycles. The molecule has 5 nitrogen and oxygen atoms in total. The van der Waals surface area contributed by atoms with Gasteiger partial charge in [-0.2, -0.15) is 0 Å². The van der Waals surface area contributed by atoms with Gasteiger partial charge in [0.1, 0.15) is 11.6 Å². The van der Waals surface area contributed by atoms with Crippen molar-refractivity contribution < 1.29 is 23.5 Å². The number of anilines is 1. The first kappa shape index (κ1) is 21.1. The SMILES string of the molecule is O=C(COC(=O)C=Cc1ccc(F)cc1)Nc1cc(Cl)ccc1Oc1ccccc1. The van der Waals surface area contributed by atoms with Crippen LogP contribution in [0.1, 0.15) is 5.56 Å². The van der Waals surface area contributed by atoms with Crippen molar-refractivity contribution in [1.82, 2.24) is 0 Å². The molecule has 1 amide bonds. The Morgan fingerprint density at radius 3 is 2.47 bits per heavy atom. The topological polar surface area (TPSA) is 64.6 Å². The Bertz CT molecular complexity index is 1050. The van der Waals surface area contributed by atoms with Crippen molar-refractivity contribution >= 4 is 35.2 Å². The van der Waals surface area contributed by atoms with E-state index in [0.29, 0.717) is 27.8 Å². The van der Waals surface area contributed by atoms with Gasteiger partial charge in [-0.05, 0) is 54.1 Å². The molecule has 0 atom stereocenters. The standard InChI is InChI=1S/C23H17ClFNO4/c24-17-9-12-21(30-19-4-2-1-3-5-19)20(14-17)26-22(27)15-29-23(28)13-8-16-6-10-18(25)11-7-16/h1-14H,15H2,(H,26,27). The molecule has 3 aromatic rings. The summed E-state index contributed by atoms with van der Waals surface area (Å²) in [5.41, 5.74) is 0.966. The molecule has 0 fully saturated rings. The van der Waals surface area contributed by atoms with Crippen molar-refractivity contribution in [2.24, 2.45) is 0 Å². The number of carbonyl (C=O) groups is 2. The van der Waals surface area contributed by atoms with Crippen LogP contribution in [0.25, 0.3) is 6.08 Å². The fourth-order valence-corrected chi connectivity index (χ4v) is 2.59. The lowest BCUT2D eigenvalue weighted by Gasteiger charge is -2.12. The Morgan fingerprint density at radius 2 is 1.73 bits per heavy atom. The summed E-state index contributed by atoms with van der Waals surface area (Å²) < 4.78 is 23.6. The van der Waals surface area contributed by atoms with Crippen molar-refractivity contribution in [3.05, 3.63) is 95.3 Å². The van der Waals surface area contributed by atoms with E-state index in [2.05, 4.69) is 5.32 Å². The quantitative estimate of drug-likeness (QED) is 0.403. The Balaban J connectivity index is 1.57. The van der Waals surface area contributed by atoms with Gasteiger partial charge in [-0.3, -0.25) is 4.79 Å². The minimum atomic E-state index is -0.707. The monoisotopic (exact) mass is 425 g/mol. The smallest absolute Gasteiger partial charge is 0.331 e. The van der Waals surface area contributed by atoms with Crippen LogP contribution < -0.4 is 10.1 Å². The molecule has 7 heteroatoms. The van der Waals surface area contributed by atoms with Crippen LogP contribution in [0.15, 0.2) is 78.9 Å². The molecule has 152 valence electrons. The number of nitrogens with one attached hydrogen (secondary N) is 1. The third-order valence-electron chi connectivity index (χ3n) is 3.81. The van der Waals surface area contributed by atoms with E-state index in [1.807, 2.05) is 18.2 Å². The highest BCUT2D eigenvalue weighted by atomic mass is 35.5. The minimum Gasteiger partial charge on any atom is -0.455 e. The van der Waals surface area contributed by atoms with Gasteiger partial charge in [0.25, 0.3) is 5.91 Å². The van der Waals surface area contributed by atoms with Crippen LogP contribution in [0.5, 0.6) is 11.5 Å². The molecule has 0 heterocycles. The van der Waals surface area contributed by atoms with Crippen LogP contribution in [0, 0.1) is 5.82 Å². The second-order valence-electron chi connectivity index (χ2n) is 6.10. The van der Waals surface area contributed by atoms with Gasteiger partial charge in [0.15, 0.2) is 12.4 Å². The lowest BCUT2D eigenvalue weighted by atomic mass is 10.2. The summed E-state index contributed by atoms with van der Waals surface area (Å²) in [4.78, 5) is 24.0. The first-order chi connectivity index (χ1) is 14.5. The van der Waals surface area contributed by atoms with Gasteiger partial charge in [0.05, 0.1) is 5.69 Å². The molecular formula is C23H17ClFNO4. The maximum atomic E-state index is 12.9. The number of ether oxygens (including phenoxy) is 2. The predicted molar refractivity (Wildman–Crippen MR) is 113 cm³/mol. The molecule has 0 radical (unpaired) electrons. The van der Waals surface area contributed by atoms with Gasteiger partial charge in [0.2, 0.25) is 0 Å². The van der Waals surface area contributed by atoms with E-state index in [1.54, 1.807) is 24.3 Å². The van der Waals surface area contributed by atoms with Crippen LogP contribution in [-0.4, -0.2) is 18.5 Å². The zero-order chi connectivity index (χ0) is 21.3. The molecule has 0 aromatic heterocycles. The average Bonchev–Trinajstić information content (AvgIpc) is 2.74. The third kappa shape index (κ3) is 6.46. The predicted octanol–water partition coefficient (Wildman–Crippen LogP) is 5.47. The first-order valence-electron chi connectivity index (χ1n) is 8.92. The maximum Gasteiger partial charge on any atom is 0.331 e. The number of para-hydroxylation sites is 1. The lowest BCUT2D eigenvalue weighted by molar-refractivity contribution is -0.142. The number of hydrogen-bond acceptors (Lipinski definition) is 4. The molecular weight excluding hydrogens is 409 g/mol. The van der Waals surface area contributed by atoms with Gasteiger partial charge in [-0.15, -0.1) is 0 Å². The molecule has 0 bridgehead atoms. The molecule has 0 saturated carbocycles. The molecule has 0 aliphatic carbocycles. The van der Waals surface area contributed by atoms with Crippen LogP contribution in [0.2, 0.25) is 5.02 Å². The van der Waals surface area contributed by atoms with Gasteiger partial charge in [-0.25, -0.2) is 9.18 Å². The third-order valence-corrected chi connectivity index (χ3v) is 4.05. The van der Waals surface area contributed by atoms with E-state index in [1.165, 1.54) is 36.4 Å². The van der Waals surface area contributed by atoms with E-state index in [9.17, 15) is 14.0 Å². The van der Waals surface area contributed by atoms with Crippen molar-refractivity contribution in [1.29, 1.82) is 0 Å². The van der Waals surface area contributed by atoms with E-state index < -0.39 is 18.5 Å². The number of hydrogen-bond donors (Lipinski definition) is 1. The zero-order valence-electron chi connectivity index (χ0n) is 15.7. The normalized spacial score (nSPS) is 10.6. The highest BCUT2D eigenvalue weighted by Gasteiger charge is 2.11. The number of halogens is 2. The van der Waals surface area contributed by atoms with E-state index in [0.717, 1.165) is 6.08 Å². The molecule has 1 N–H and O–H groups in total. The second kappa shape index (κ2) is 10.2. The zero-order valence-corrected chi connectivity index (χ0v) is 16.4. The average molecular weight is 426 g/mol. The van der Waals surface area contributed by atoms with Crippen LogP contribution in [-0.2, 0) is 14.3 Å². The van der Waals surface area contributed by atoms with Gasteiger partial charge < -0.3 is 14.8 Å². The highest BCUT2D eigenvalue weighted by Crippen LogP contribution is 2.31. The first-order valence-corrected chi connectivity index (χ1v) is 9.30. The van der Waals surface area contributed by atoms with E-state index in [-0.39, 0.29) is 5.82 Å². The Hall–Kier alpha value is -3.64. The van der Waals surface area contributed by atoms with Crippen molar-refractivity contribution in [2.45, 2.75) is 0 Å². The van der Waals surface area contributed by atoms with Crippen LogP contribution in [0.3, 0.4) is 0 Å². The molecule has 3 rings (SSSR count). The maximum absolute atomic E-state index is 12.9. The minimum absolute atomic E-state index is 0.342. The second-order valence-corrected chi connectivity index (χ2v) is 6.53. The number of rotatable bonds is 7. The summed E-state index contributed by atoms with van der Waals surface area (Å²) >= 11 is 6.02. The molecule has 0 spiro atoms. The molecule has 3 aromatic carbocycles. The fraction of sp³-hybridized carbons (Fsp3) is 0.0435. The Kier molecular flexibility index (Phi) is 7.19. The van der Waals surface area contributed by atoms with E-state index in [4.69, 9.17) is 21.1 Å². The van der Waals surface area contributed by atoms with Crippen LogP contribution >= 0.6 is 11.6 Å². The summed E-state index contributed by atoms with van der Waals surface area (Å²) in [6, 6.07) is 19.4. The van der Waals surface area contributed by atoms with Gasteiger partial charge in [-0.1, -0.05) is 41.9 Å². The number of amides is 1. The number of benzene rings is 3. The summed E-state index contributed by atoms with van der Waals surface area (Å²) in [6.45, 7) is -0.496. The van der Waals surface area contributed by atoms with Crippen LogP contribution in [0.4, 0.5) is 10.1 Å².